The highest BCUT2D eigenvalue weighted by Crippen LogP contribution is 2.35. The molecule has 1 aliphatic rings. The van der Waals surface area contributed by atoms with E-state index in [2.05, 4.69) is 9.53 Å². The lowest BCUT2D eigenvalue weighted by Crippen LogP contribution is -2.41. The van der Waals surface area contributed by atoms with Crippen molar-refractivity contribution >= 4 is 23.2 Å². The van der Waals surface area contributed by atoms with Crippen LogP contribution >= 0.6 is 0 Å². The van der Waals surface area contributed by atoms with Crippen LogP contribution in [0.15, 0.2) is 0 Å². The Hall–Kier alpha value is -1.81. The first-order valence-corrected chi connectivity index (χ1v) is 5.44. The molecule has 0 bridgehead atoms. The highest BCUT2D eigenvalue weighted by Gasteiger charge is 2.51. The van der Waals surface area contributed by atoms with Gasteiger partial charge in [0, 0.05) is 6.42 Å². The van der Waals surface area contributed by atoms with Gasteiger partial charge in [-0.1, -0.05) is 0 Å². The number of carbonyl (C=O) groups is 3. The van der Waals surface area contributed by atoms with Crippen molar-refractivity contribution in [3.63, 3.8) is 0 Å². The van der Waals surface area contributed by atoms with Crippen molar-refractivity contribution in [2.45, 2.75) is 33.1 Å². The third kappa shape index (κ3) is 2.31. The Balaban J connectivity index is 2.99. The van der Waals surface area contributed by atoms with Crippen LogP contribution in [0.25, 0.3) is 5.53 Å². The van der Waals surface area contributed by atoms with Gasteiger partial charge in [-0.2, -0.15) is 4.79 Å². The molecule has 92 valence electrons. The van der Waals surface area contributed by atoms with Crippen molar-refractivity contribution in [3.05, 3.63) is 5.53 Å². The molecule has 0 spiro atoms. The second-order valence-electron chi connectivity index (χ2n) is 4.11. The number of Topliss-reactive ketones (excluding diaryl/α,β-unsaturated/α-hetero) is 2. The Bertz CT molecular complexity index is 423. The molecular weight excluding hydrogens is 224 g/mol. The molecule has 0 aromatic heterocycles. The molecule has 17 heavy (non-hydrogen) atoms. The zero-order chi connectivity index (χ0) is 13.1. The maximum Gasteiger partial charge on any atom is 0.442 e. The number of hydrogen-bond donors (Lipinski definition) is 0. The fourth-order valence-corrected chi connectivity index (χ4v) is 1.90. The van der Waals surface area contributed by atoms with Gasteiger partial charge < -0.3 is 10.3 Å². The molecule has 1 rings (SSSR count). The minimum Gasteiger partial charge on any atom is -0.457 e. The van der Waals surface area contributed by atoms with Crippen molar-refractivity contribution in [2.24, 2.45) is 5.41 Å². The van der Waals surface area contributed by atoms with Crippen LogP contribution in [0.2, 0.25) is 0 Å². The van der Waals surface area contributed by atoms with Gasteiger partial charge >= 0.3 is 11.7 Å². The van der Waals surface area contributed by atoms with E-state index >= 15 is 0 Å². The average Bonchev–Trinajstić information content (AvgIpc) is 2.62. The monoisotopic (exact) mass is 238 g/mol. The van der Waals surface area contributed by atoms with Gasteiger partial charge in [0.2, 0.25) is 0 Å². The number of rotatable bonds is 4. The molecule has 0 aliphatic heterocycles. The minimum absolute atomic E-state index is 0.0653. The van der Waals surface area contributed by atoms with Gasteiger partial charge in [0.1, 0.15) is 5.78 Å². The van der Waals surface area contributed by atoms with Crippen molar-refractivity contribution in [1.82, 2.24) is 0 Å². The molecule has 0 radical (unpaired) electrons. The second kappa shape index (κ2) is 5.01. The summed E-state index contributed by atoms with van der Waals surface area (Å²) in [6.45, 7) is 3.10. The normalized spacial score (nSPS) is 23.1. The fourth-order valence-electron chi connectivity index (χ4n) is 1.90. The summed E-state index contributed by atoms with van der Waals surface area (Å²) in [6, 6.07) is 0. The van der Waals surface area contributed by atoms with Gasteiger partial charge in [-0.05, 0) is 26.7 Å². The molecule has 1 atom stereocenters. The molecule has 0 N–H and O–H groups in total. The standard InChI is InChI=1S/C11H14N2O4/c1-3-17-10(16)8(13-12)9(15)11(2)6-4-5-7(11)14/h3-6H2,1-2H3. The van der Waals surface area contributed by atoms with Gasteiger partial charge in [0.25, 0.3) is 5.78 Å². The molecule has 6 nitrogen and oxygen atoms in total. The molecule has 0 aromatic rings. The van der Waals surface area contributed by atoms with Gasteiger partial charge in [-0.25, -0.2) is 4.79 Å². The number of hydrogen-bond acceptors (Lipinski definition) is 4. The summed E-state index contributed by atoms with van der Waals surface area (Å²) in [5.41, 5.74) is 6.75. The third-order valence-corrected chi connectivity index (χ3v) is 2.98. The first-order valence-electron chi connectivity index (χ1n) is 5.44. The second-order valence-corrected chi connectivity index (χ2v) is 4.11. The minimum atomic E-state index is -1.26. The van der Waals surface area contributed by atoms with E-state index in [1.54, 1.807) is 6.92 Å². The number of ether oxygens (including phenoxy) is 1. The number of carbonyl (C=O) groups excluding carboxylic acids is 3. The number of ketones is 2. The van der Waals surface area contributed by atoms with Crippen LogP contribution in [0.3, 0.4) is 0 Å². The van der Waals surface area contributed by atoms with Crippen molar-refractivity contribution in [1.29, 1.82) is 0 Å². The Kier molecular flexibility index (Phi) is 3.91. The van der Waals surface area contributed by atoms with E-state index < -0.39 is 22.9 Å². The molecule has 6 heteroatoms. The first-order chi connectivity index (χ1) is 7.97. The highest BCUT2D eigenvalue weighted by atomic mass is 16.5. The van der Waals surface area contributed by atoms with E-state index in [9.17, 15) is 14.4 Å². The maximum atomic E-state index is 12.0. The lowest BCUT2D eigenvalue weighted by atomic mass is 9.81. The Morgan fingerprint density at radius 1 is 1.53 bits per heavy atom. The Labute approximate surface area is 98.6 Å². The molecule has 0 aromatic carbocycles. The zero-order valence-electron chi connectivity index (χ0n) is 9.86. The van der Waals surface area contributed by atoms with Crippen molar-refractivity contribution < 1.29 is 23.9 Å². The topological polar surface area (TPSA) is 96.8 Å². The molecule has 0 saturated heterocycles. The molecule has 1 saturated carbocycles. The van der Waals surface area contributed by atoms with Crippen LogP contribution < -0.4 is 0 Å². The van der Waals surface area contributed by atoms with Crippen LogP contribution in [-0.2, 0) is 19.1 Å². The predicted molar refractivity (Wildman–Crippen MR) is 57.2 cm³/mol. The lowest BCUT2D eigenvalue weighted by Gasteiger charge is -2.16. The van der Waals surface area contributed by atoms with Gasteiger partial charge in [0.05, 0.1) is 12.0 Å². The summed E-state index contributed by atoms with van der Waals surface area (Å²) in [5.74, 6) is -1.99. The van der Waals surface area contributed by atoms with Crippen molar-refractivity contribution in [3.8, 4) is 0 Å². The Morgan fingerprint density at radius 3 is 2.59 bits per heavy atom. The first kappa shape index (κ1) is 13.3. The van der Waals surface area contributed by atoms with E-state index in [0.717, 1.165) is 0 Å². The van der Waals surface area contributed by atoms with Gasteiger partial charge in [-0.15, -0.1) is 0 Å². The van der Waals surface area contributed by atoms with E-state index in [4.69, 9.17) is 5.53 Å². The third-order valence-electron chi connectivity index (χ3n) is 2.98. The van der Waals surface area contributed by atoms with E-state index in [1.165, 1.54) is 6.92 Å². The zero-order valence-corrected chi connectivity index (χ0v) is 9.86. The summed E-state index contributed by atoms with van der Waals surface area (Å²) in [4.78, 5) is 37.7. The summed E-state index contributed by atoms with van der Waals surface area (Å²) in [5, 5.41) is 0. The maximum absolute atomic E-state index is 12.0. The summed E-state index contributed by atoms with van der Waals surface area (Å²) in [6.07, 6.45) is 1.27. The van der Waals surface area contributed by atoms with Crippen LogP contribution in [0, 0.1) is 5.41 Å². The van der Waals surface area contributed by atoms with Crippen molar-refractivity contribution in [2.75, 3.05) is 6.61 Å². The lowest BCUT2D eigenvalue weighted by molar-refractivity contribution is -0.144. The molecule has 1 fully saturated rings. The molecule has 0 amide bonds. The molecular formula is C11H14N2O4. The SMILES string of the molecule is CCOC(=O)C(=[N+]=[N-])C(=O)C1(C)CCCC1=O. The van der Waals surface area contributed by atoms with E-state index in [0.29, 0.717) is 19.3 Å². The fraction of sp³-hybridized carbons (Fsp3) is 0.636. The smallest absolute Gasteiger partial charge is 0.442 e. The van der Waals surface area contributed by atoms with Crippen LogP contribution in [0.1, 0.15) is 33.1 Å². The molecule has 1 aliphatic carbocycles. The highest BCUT2D eigenvalue weighted by molar-refractivity contribution is 6.64. The van der Waals surface area contributed by atoms with Crippen LogP contribution in [-0.4, -0.2) is 34.6 Å². The van der Waals surface area contributed by atoms with E-state index in [-0.39, 0.29) is 12.4 Å². The van der Waals surface area contributed by atoms with Gasteiger partial charge in [0.15, 0.2) is 0 Å². The Morgan fingerprint density at radius 2 is 2.18 bits per heavy atom. The average molecular weight is 238 g/mol. The number of esters is 1. The van der Waals surface area contributed by atoms with Crippen LogP contribution in [0.4, 0.5) is 0 Å². The largest absolute Gasteiger partial charge is 0.457 e. The van der Waals surface area contributed by atoms with E-state index in [1.807, 2.05) is 0 Å². The molecule has 0 heterocycles. The predicted octanol–water partition coefficient (Wildman–Crippen LogP) is 0.549. The summed E-state index contributed by atoms with van der Waals surface area (Å²) < 4.78 is 4.59. The summed E-state index contributed by atoms with van der Waals surface area (Å²) >= 11 is 0. The number of nitrogens with zero attached hydrogens (tertiary/aromatic N) is 2. The quantitative estimate of drug-likeness (QED) is 0.235. The van der Waals surface area contributed by atoms with Gasteiger partial charge in [-0.3, -0.25) is 9.59 Å². The molecule has 1 unspecified atom stereocenters. The van der Waals surface area contributed by atoms with Crippen LogP contribution in [0.5, 0.6) is 0 Å². The summed E-state index contributed by atoms with van der Waals surface area (Å²) in [7, 11) is 0.